The van der Waals surface area contributed by atoms with Crippen molar-refractivity contribution < 1.29 is 4.79 Å². The van der Waals surface area contributed by atoms with Gasteiger partial charge in [0.1, 0.15) is 5.54 Å². The third-order valence-corrected chi connectivity index (χ3v) is 6.45. The molecule has 21 heavy (non-hydrogen) atoms. The highest BCUT2D eigenvalue weighted by molar-refractivity contribution is 5.84. The molecule has 0 aliphatic heterocycles. The highest BCUT2D eigenvalue weighted by Gasteiger charge is 2.63. The quantitative estimate of drug-likeness (QED) is 0.859. The second kappa shape index (κ2) is 4.24. The van der Waals surface area contributed by atoms with Gasteiger partial charge in [-0.25, -0.2) is 0 Å². The molecule has 4 aliphatic rings. The Morgan fingerprint density at radius 3 is 2.24 bits per heavy atom. The molecule has 3 atom stereocenters. The van der Waals surface area contributed by atoms with E-state index in [0.717, 1.165) is 19.3 Å². The fraction of sp³-hybridized carbons (Fsp3) is 0.889. The minimum absolute atomic E-state index is 0.148. The van der Waals surface area contributed by atoms with Gasteiger partial charge in [-0.2, -0.15) is 5.26 Å². The van der Waals surface area contributed by atoms with Gasteiger partial charge in [0.05, 0.1) is 11.5 Å². The van der Waals surface area contributed by atoms with Crippen molar-refractivity contribution in [2.75, 3.05) is 0 Å². The number of nitrogens with one attached hydrogen (secondary N) is 1. The van der Waals surface area contributed by atoms with E-state index in [4.69, 9.17) is 0 Å². The summed E-state index contributed by atoms with van der Waals surface area (Å²) in [7, 11) is 0. The predicted octanol–water partition coefficient (Wildman–Crippen LogP) is 3.79. The molecule has 4 fully saturated rings. The van der Waals surface area contributed by atoms with Crippen molar-refractivity contribution in [3.8, 4) is 6.07 Å². The van der Waals surface area contributed by atoms with Gasteiger partial charge < -0.3 is 5.32 Å². The Morgan fingerprint density at radius 2 is 1.81 bits per heavy atom. The zero-order valence-corrected chi connectivity index (χ0v) is 13.9. The van der Waals surface area contributed by atoms with Crippen LogP contribution in [0.2, 0.25) is 0 Å². The lowest BCUT2D eigenvalue weighted by atomic mass is 9.40. The lowest BCUT2D eigenvalue weighted by molar-refractivity contribution is -0.171. The standard InChI is InChI=1S/C18H28N2O/c1-5-17(4,12-19)20-14(21)18-8-13-6-15(2,10-18)9-16(3,7-13)11-18/h13H,5-11H2,1-4H3,(H,20,21). The van der Waals surface area contributed by atoms with Crippen LogP contribution in [0.5, 0.6) is 0 Å². The van der Waals surface area contributed by atoms with Crippen molar-refractivity contribution in [1.29, 1.82) is 5.26 Å². The molecular formula is C18H28N2O. The maximum Gasteiger partial charge on any atom is 0.227 e. The summed E-state index contributed by atoms with van der Waals surface area (Å²) in [6.07, 6.45) is 7.58. The fourth-order valence-corrected chi connectivity index (χ4v) is 6.28. The van der Waals surface area contributed by atoms with E-state index in [0.29, 0.717) is 23.2 Å². The van der Waals surface area contributed by atoms with Gasteiger partial charge in [-0.15, -0.1) is 0 Å². The van der Waals surface area contributed by atoms with E-state index in [-0.39, 0.29) is 11.3 Å². The zero-order valence-electron chi connectivity index (χ0n) is 13.9. The summed E-state index contributed by atoms with van der Waals surface area (Å²) in [5, 5.41) is 12.4. The second-order valence-corrected chi connectivity index (χ2v) is 9.16. The third kappa shape index (κ3) is 2.28. The summed E-state index contributed by atoms with van der Waals surface area (Å²) in [6.45, 7) is 8.56. The van der Waals surface area contributed by atoms with Gasteiger partial charge in [0.15, 0.2) is 0 Å². The molecule has 0 aromatic rings. The smallest absolute Gasteiger partial charge is 0.227 e. The van der Waals surface area contributed by atoms with E-state index in [1.54, 1.807) is 0 Å². The van der Waals surface area contributed by atoms with Crippen LogP contribution in [-0.4, -0.2) is 11.4 Å². The van der Waals surface area contributed by atoms with Gasteiger partial charge in [0, 0.05) is 0 Å². The Bertz CT molecular complexity index is 502. The second-order valence-electron chi connectivity index (χ2n) is 9.16. The molecule has 3 heteroatoms. The molecule has 3 unspecified atom stereocenters. The minimum Gasteiger partial charge on any atom is -0.338 e. The fourth-order valence-electron chi connectivity index (χ4n) is 6.28. The average molecular weight is 288 g/mol. The summed E-state index contributed by atoms with van der Waals surface area (Å²) >= 11 is 0. The summed E-state index contributed by atoms with van der Waals surface area (Å²) in [4.78, 5) is 13.1. The normalized spacial score (nSPS) is 46.7. The highest BCUT2D eigenvalue weighted by Crippen LogP contribution is 2.69. The SMILES string of the molecule is CCC(C)(C#N)NC(=O)C12CC3CC(C)(CC(C)(C3)C1)C2. The highest BCUT2D eigenvalue weighted by atomic mass is 16.2. The van der Waals surface area contributed by atoms with Gasteiger partial charge >= 0.3 is 0 Å². The van der Waals surface area contributed by atoms with Crippen molar-refractivity contribution in [2.45, 2.75) is 78.2 Å². The number of rotatable bonds is 3. The lowest BCUT2D eigenvalue weighted by Crippen LogP contribution is -2.62. The van der Waals surface area contributed by atoms with E-state index in [1.165, 1.54) is 19.3 Å². The van der Waals surface area contributed by atoms with E-state index in [1.807, 2.05) is 13.8 Å². The van der Waals surface area contributed by atoms with Gasteiger partial charge in [-0.05, 0) is 68.6 Å². The van der Waals surface area contributed by atoms with Crippen molar-refractivity contribution in [3.05, 3.63) is 0 Å². The van der Waals surface area contributed by atoms with Gasteiger partial charge in [-0.3, -0.25) is 4.79 Å². The van der Waals surface area contributed by atoms with E-state index in [9.17, 15) is 10.1 Å². The molecular weight excluding hydrogens is 260 g/mol. The van der Waals surface area contributed by atoms with Crippen molar-refractivity contribution in [3.63, 3.8) is 0 Å². The van der Waals surface area contributed by atoms with Crippen molar-refractivity contribution >= 4 is 5.91 Å². The molecule has 0 aromatic heterocycles. The maximum absolute atomic E-state index is 13.1. The Kier molecular flexibility index (Phi) is 3.01. The first-order valence-electron chi connectivity index (χ1n) is 8.40. The van der Waals surface area contributed by atoms with Gasteiger partial charge in [0.2, 0.25) is 5.91 Å². The summed E-state index contributed by atoms with van der Waals surface area (Å²) in [5.74, 6) is 0.854. The number of carbonyl (C=O) groups excluding carboxylic acids is 1. The molecule has 0 spiro atoms. The van der Waals surface area contributed by atoms with Crippen LogP contribution in [0.1, 0.15) is 72.6 Å². The maximum atomic E-state index is 13.1. The number of hydrogen-bond acceptors (Lipinski definition) is 2. The van der Waals surface area contributed by atoms with E-state index < -0.39 is 5.54 Å². The first kappa shape index (κ1) is 14.9. The molecule has 116 valence electrons. The van der Waals surface area contributed by atoms with Crippen LogP contribution in [-0.2, 0) is 4.79 Å². The molecule has 4 bridgehead atoms. The lowest BCUT2D eigenvalue weighted by Gasteiger charge is -2.64. The molecule has 0 heterocycles. The van der Waals surface area contributed by atoms with Crippen LogP contribution < -0.4 is 5.32 Å². The molecule has 4 rings (SSSR count). The minimum atomic E-state index is -0.720. The average Bonchev–Trinajstić information content (AvgIpc) is 2.34. The molecule has 1 N–H and O–H groups in total. The summed E-state index contributed by atoms with van der Waals surface area (Å²) in [6, 6.07) is 2.28. The number of carbonyl (C=O) groups is 1. The zero-order chi connectivity index (χ0) is 15.5. The van der Waals surface area contributed by atoms with E-state index in [2.05, 4.69) is 25.2 Å². The first-order valence-corrected chi connectivity index (χ1v) is 8.40. The summed E-state index contributed by atoms with van der Waals surface area (Å²) < 4.78 is 0. The topological polar surface area (TPSA) is 52.9 Å². The van der Waals surface area contributed by atoms with Gasteiger partial charge in [0.25, 0.3) is 0 Å². The molecule has 4 saturated carbocycles. The summed E-state index contributed by atoms with van der Waals surface area (Å²) in [5.41, 5.74) is -0.264. The number of hydrogen-bond donors (Lipinski definition) is 1. The molecule has 0 aromatic carbocycles. The van der Waals surface area contributed by atoms with Gasteiger partial charge in [-0.1, -0.05) is 20.8 Å². The van der Waals surface area contributed by atoms with E-state index >= 15 is 0 Å². The Balaban J connectivity index is 1.88. The third-order valence-electron chi connectivity index (χ3n) is 6.45. The first-order chi connectivity index (χ1) is 9.66. The van der Waals surface area contributed by atoms with Crippen molar-refractivity contribution in [1.82, 2.24) is 5.32 Å². The van der Waals surface area contributed by atoms with Crippen LogP contribution in [0.4, 0.5) is 0 Å². The molecule has 0 saturated heterocycles. The predicted molar refractivity (Wildman–Crippen MR) is 82.3 cm³/mol. The van der Waals surface area contributed by atoms with Crippen LogP contribution in [0.3, 0.4) is 0 Å². The molecule has 0 radical (unpaired) electrons. The largest absolute Gasteiger partial charge is 0.338 e. The number of nitriles is 1. The Morgan fingerprint density at radius 1 is 1.24 bits per heavy atom. The van der Waals surface area contributed by atoms with Crippen LogP contribution in [0.25, 0.3) is 0 Å². The number of amides is 1. The Hall–Kier alpha value is -1.04. The number of nitrogens with zero attached hydrogens (tertiary/aromatic N) is 1. The molecule has 1 amide bonds. The van der Waals surface area contributed by atoms with Crippen LogP contribution >= 0.6 is 0 Å². The van der Waals surface area contributed by atoms with Crippen LogP contribution in [0.15, 0.2) is 0 Å². The van der Waals surface area contributed by atoms with Crippen molar-refractivity contribution in [2.24, 2.45) is 22.2 Å². The monoisotopic (exact) mass is 288 g/mol. The molecule has 4 aliphatic carbocycles. The van der Waals surface area contributed by atoms with Crippen LogP contribution in [0, 0.1) is 33.5 Å². The molecule has 3 nitrogen and oxygen atoms in total. The Labute approximate surface area is 128 Å².